The maximum atomic E-state index is 10.8. The maximum Gasteiger partial charge on any atom is 0.167 e. The van der Waals surface area contributed by atoms with E-state index in [-0.39, 0.29) is 5.75 Å². The van der Waals surface area contributed by atoms with Crippen molar-refractivity contribution in [2.75, 3.05) is 5.75 Å². The summed E-state index contributed by atoms with van der Waals surface area (Å²) in [6.45, 7) is 0. The van der Waals surface area contributed by atoms with Crippen molar-refractivity contribution in [1.29, 1.82) is 0 Å². The third-order valence-electron chi connectivity index (χ3n) is 1.50. The lowest BCUT2D eigenvalue weighted by atomic mass is 10.3. The van der Waals surface area contributed by atoms with E-state index in [0.29, 0.717) is 6.42 Å². The lowest BCUT2D eigenvalue weighted by Gasteiger charge is -2.15. The van der Waals surface area contributed by atoms with Crippen LogP contribution in [-0.4, -0.2) is 18.9 Å². The van der Waals surface area contributed by atoms with Crippen molar-refractivity contribution >= 4 is 21.4 Å². The van der Waals surface area contributed by atoms with E-state index < -0.39 is 14.5 Å². The Hall–Kier alpha value is 0.240. The summed E-state index contributed by atoms with van der Waals surface area (Å²) < 4.78 is 21.1. The smallest absolute Gasteiger partial charge is 0.167 e. The molecule has 54 valence electrons. The van der Waals surface area contributed by atoms with Gasteiger partial charge in [-0.25, -0.2) is 8.42 Å². The summed E-state index contributed by atoms with van der Waals surface area (Å²) >= 11 is 5.52. The molecule has 0 radical (unpaired) electrons. The molecule has 1 saturated heterocycles. The van der Waals surface area contributed by atoms with Crippen LogP contribution in [0.25, 0.3) is 0 Å². The average Bonchev–Trinajstić information content (AvgIpc) is 1.77. The topological polar surface area (TPSA) is 34.1 Å². The van der Waals surface area contributed by atoms with E-state index in [1.165, 1.54) is 0 Å². The van der Waals surface area contributed by atoms with Crippen LogP contribution in [0.3, 0.4) is 0 Å². The Labute approximate surface area is 60.1 Å². The monoisotopic (exact) mass is 168 g/mol. The fourth-order valence-electron chi connectivity index (χ4n) is 0.916. The highest BCUT2D eigenvalue weighted by Crippen LogP contribution is 2.21. The number of hydrogen-bond acceptors (Lipinski definition) is 2. The van der Waals surface area contributed by atoms with Crippen molar-refractivity contribution in [2.24, 2.45) is 0 Å². The van der Waals surface area contributed by atoms with Gasteiger partial charge in [-0.3, -0.25) is 0 Å². The van der Waals surface area contributed by atoms with Gasteiger partial charge in [0.25, 0.3) is 0 Å². The van der Waals surface area contributed by atoms with Gasteiger partial charge in [-0.05, 0) is 19.3 Å². The Morgan fingerprint density at radius 3 is 2.33 bits per heavy atom. The SMILES string of the molecule is O=S1(=O)CCCCC1Cl. The van der Waals surface area contributed by atoms with Crippen molar-refractivity contribution in [3.05, 3.63) is 0 Å². The molecule has 1 rings (SSSR count). The van der Waals surface area contributed by atoms with Gasteiger partial charge in [0, 0.05) is 0 Å². The molecule has 1 fully saturated rings. The third kappa shape index (κ3) is 1.58. The predicted molar refractivity (Wildman–Crippen MR) is 37.3 cm³/mol. The number of alkyl halides is 1. The number of rotatable bonds is 0. The van der Waals surface area contributed by atoms with Crippen LogP contribution >= 0.6 is 11.6 Å². The normalized spacial score (nSPS) is 34.1. The van der Waals surface area contributed by atoms with Gasteiger partial charge in [0.1, 0.15) is 4.71 Å². The zero-order valence-electron chi connectivity index (χ0n) is 5.01. The van der Waals surface area contributed by atoms with Crippen molar-refractivity contribution in [1.82, 2.24) is 0 Å². The second kappa shape index (κ2) is 2.46. The minimum Gasteiger partial charge on any atom is -0.227 e. The molecule has 4 heteroatoms. The highest BCUT2D eigenvalue weighted by molar-refractivity contribution is 7.93. The number of sulfone groups is 1. The Kier molecular flexibility index (Phi) is 2.01. The first-order chi connectivity index (χ1) is 4.13. The standard InChI is InChI=1S/C5H9ClO2S/c6-5-3-1-2-4-9(5,7)8/h5H,1-4H2. The molecule has 1 aliphatic heterocycles. The van der Waals surface area contributed by atoms with E-state index in [1.807, 2.05) is 0 Å². The predicted octanol–water partition coefficient (Wildman–Crippen LogP) is 1.15. The van der Waals surface area contributed by atoms with Crippen LogP contribution < -0.4 is 0 Å². The Bertz CT molecular complexity index is 185. The van der Waals surface area contributed by atoms with Crippen LogP contribution in [0.4, 0.5) is 0 Å². The second-order valence-electron chi connectivity index (χ2n) is 2.27. The summed E-state index contributed by atoms with van der Waals surface area (Å²) in [5.41, 5.74) is 0. The molecule has 0 saturated carbocycles. The van der Waals surface area contributed by atoms with Gasteiger partial charge in [0.2, 0.25) is 0 Å². The fourth-order valence-corrected chi connectivity index (χ4v) is 2.73. The summed E-state index contributed by atoms with van der Waals surface area (Å²) in [7, 11) is -2.90. The van der Waals surface area contributed by atoms with Crippen molar-refractivity contribution < 1.29 is 8.42 Å². The van der Waals surface area contributed by atoms with Crippen molar-refractivity contribution in [3.8, 4) is 0 Å². The van der Waals surface area contributed by atoms with E-state index in [9.17, 15) is 8.42 Å². The van der Waals surface area contributed by atoms with Crippen LogP contribution in [-0.2, 0) is 9.84 Å². The molecule has 0 aromatic carbocycles. The molecular weight excluding hydrogens is 160 g/mol. The number of halogens is 1. The van der Waals surface area contributed by atoms with Gasteiger partial charge in [-0.15, -0.1) is 11.6 Å². The summed E-state index contributed by atoms with van der Waals surface area (Å²) in [6.07, 6.45) is 2.36. The Morgan fingerprint density at radius 1 is 1.33 bits per heavy atom. The number of hydrogen-bond donors (Lipinski definition) is 0. The molecule has 0 aliphatic carbocycles. The van der Waals surface area contributed by atoms with Crippen LogP contribution in [0.2, 0.25) is 0 Å². The van der Waals surface area contributed by atoms with Crippen molar-refractivity contribution in [2.45, 2.75) is 24.0 Å². The molecule has 1 atom stereocenters. The summed E-state index contributed by atoms with van der Waals surface area (Å²) in [4.78, 5) is 0. The van der Waals surface area contributed by atoms with Crippen LogP contribution in [0, 0.1) is 0 Å². The highest BCUT2D eigenvalue weighted by atomic mass is 35.5. The van der Waals surface area contributed by atoms with Crippen molar-refractivity contribution in [3.63, 3.8) is 0 Å². The molecule has 9 heavy (non-hydrogen) atoms. The summed E-state index contributed by atoms with van der Waals surface area (Å²) in [5, 5.41) is 0. The first-order valence-corrected chi connectivity index (χ1v) is 5.14. The largest absolute Gasteiger partial charge is 0.227 e. The zero-order chi connectivity index (χ0) is 6.91. The van der Waals surface area contributed by atoms with Gasteiger partial charge in [-0.1, -0.05) is 0 Å². The molecule has 0 N–H and O–H groups in total. The van der Waals surface area contributed by atoms with Gasteiger partial charge in [0.05, 0.1) is 5.75 Å². The highest BCUT2D eigenvalue weighted by Gasteiger charge is 2.25. The van der Waals surface area contributed by atoms with Crippen LogP contribution in [0.15, 0.2) is 0 Å². The van der Waals surface area contributed by atoms with Crippen LogP contribution in [0.1, 0.15) is 19.3 Å². The summed E-state index contributed by atoms with van der Waals surface area (Å²) in [5.74, 6) is 0.279. The molecule has 0 aromatic rings. The third-order valence-corrected chi connectivity index (χ3v) is 4.40. The van der Waals surface area contributed by atoms with E-state index in [4.69, 9.17) is 11.6 Å². The van der Waals surface area contributed by atoms with Crippen LogP contribution in [0.5, 0.6) is 0 Å². The first-order valence-electron chi connectivity index (χ1n) is 2.98. The molecule has 1 unspecified atom stereocenters. The molecule has 0 aromatic heterocycles. The fraction of sp³-hybridized carbons (Fsp3) is 1.00. The Morgan fingerprint density at radius 2 is 2.00 bits per heavy atom. The van der Waals surface area contributed by atoms with E-state index in [0.717, 1.165) is 12.8 Å². The molecule has 1 heterocycles. The quantitative estimate of drug-likeness (QED) is 0.509. The summed E-state index contributed by atoms with van der Waals surface area (Å²) in [6, 6.07) is 0. The minimum absolute atomic E-state index is 0.279. The average molecular weight is 169 g/mol. The maximum absolute atomic E-state index is 10.8. The first kappa shape index (κ1) is 7.35. The molecule has 0 spiro atoms. The van der Waals surface area contributed by atoms with Gasteiger partial charge in [0.15, 0.2) is 9.84 Å². The molecule has 2 nitrogen and oxygen atoms in total. The van der Waals surface area contributed by atoms with E-state index >= 15 is 0 Å². The Balaban J connectivity index is 2.72. The van der Waals surface area contributed by atoms with Gasteiger partial charge >= 0.3 is 0 Å². The lowest BCUT2D eigenvalue weighted by molar-refractivity contribution is 0.567. The van der Waals surface area contributed by atoms with E-state index in [1.54, 1.807) is 0 Å². The second-order valence-corrected chi connectivity index (χ2v) is 5.36. The minimum atomic E-state index is -2.90. The van der Waals surface area contributed by atoms with E-state index in [2.05, 4.69) is 0 Å². The lowest BCUT2D eigenvalue weighted by Crippen LogP contribution is -2.23. The van der Waals surface area contributed by atoms with Gasteiger partial charge in [-0.2, -0.15) is 0 Å². The zero-order valence-corrected chi connectivity index (χ0v) is 6.58. The molecule has 0 amide bonds. The molecular formula is C5H9ClO2S. The molecule has 0 bridgehead atoms. The van der Waals surface area contributed by atoms with Gasteiger partial charge < -0.3 is 0 Å². The molecule has 1 aliphatic rings.